The maximum atomic E-state index is 4.56. The van der Waals surface area contributed by atoms with Crippen molar-refractivity contribution >= 4 is 78.5 Å². The van der Waals surface area contributed by atoms with E-state index in [1.165, 1.54) is 77.2 Å². The molecule has 0 saturated heterocycles. The number of aromatic nitrogens is 1. The molecule has 10 aromatic carbocycles. The van der Waals surface area contributed by atoms with E-state index in [9.17, 15) is 0 Å². The van der Waals surface area contributed by atoms with Crippen molar-refractivity contribution in [3.63, 3.8) is 0 Å². The van der Waals surface area contributed by atoms with Gasteiger partial charge in [0.25, 0.3) is 0 Å². The second-order valence-corrected chi connectivity index (χ2v) is 20.1. The molecule has 0 radical (unpaired) electrons. The van der Waals surface area contributed by atoms with Gasteiger partial charge < -0.3 is 14.4 Å². The first kappa shape index (κ1) is 44.1. The summed E-state index contributed by atoms with van der Waals surface area (Å²) >= 11 is 0. The highest BCUT2D eigenvalue weighted by molar-refractivity contribution is 6.24. The molecule has 350 valence electrons. The Kier molecular flexibility index (Phi) is 10.7. The van der Waals surface area contributed by atoms with Gasteiger partial charge in [0.05, 0.1) is 16.7 Å². The molecule has 0 amide bonds. The number of aryl methyl sites for hydroxylation is 1. The fourth-order valence-corrected chi connectivity index (χ4v) is 12.1. The molecule has 0 aliphatic heterocycles. The van der Waals surface area contributed by atoms with Gasteiger partial charge >= 0.3 is 0 Å². The molecule has 0 fully saturated rings. The Morgan fingerprint density at radius 2 is 1.11 bits per heavy atom. The molecule has 0 N–H and O–H groups in total. The van der Waals surface area contributed by atoms with Gasteiger partial charge in [-0.3, -0.25) is 0 Å². The van der Waals surface area contributed by atoms with Crippen LogP contribution in [0.4, 0.5) is 34.1 Å². The molecule has 0 bridgehead atoms. The van der Waals surface area contributed by atoms with Gasteiger partial charge in [0.1, 0.15) is 0 Å². The Morgan fingerprint density at radius 3 is 1.84 bits per heavy atom. The van der Waals surface area contributed by atoms with E-state index in [-0.39, 0.29) is 5.41 Å². The van der Waals surface area contributed by atoms with Crippen LogP contribution in [-0.2, 0) is 5.41 Å². The van der Waals surface area contributed by atoms with Crippen molar-refractivity contribution in [3.8, 4) is 33.4 Å². The third-order valence-electron chi connectivity index (χ3n) is 15.5. The third-order valence-corrected chi connectivity index (χ3v) is 15.5. The van der Waals surface area contributed by atoms with Gasteiger partial charge in [-0.2, -0.15) is 0 Å². The zero-order valence-corrected chi connectivity index (χ0v) is 41.6. The smallest absolute Gasteiger partial charge is 0.0550 e. The Balaban J connectivity index is 1.15. The average molecular weight is 938 g/mol. The zero-order valence-electron chi connectivity index (χ0n) is 41.6. The Bertz CT molecular complexity index is 4000. The lowest BCUT2D eigenvalue weighted by Gasteiger charge is -2.32. The molecule has 11 aromatic rings. The van der Waals surface area contributed by atoms with Crippen LogP contribution in [0.3, 0.4) is 0 Å². The van der Waals surface area contributed by atoms with Crippen molar-refractivity contribution < 1.29 is 0 Å². The van der Waals surface area contributed by atoms with Crippen molar-refractivity contribution in [2.45, 2.75) is 39.0 Å². The highest BCUT2D eigenvalue weighted by Gasteiger charge is 2.36. The minimum atomic E-state index is -0.210. The second-order valence-electron chi connectivity index (χ2n) is 20.1. The van der Waals surface area contributed by atoms with Gasteiger partial charge in [0, 0.05) is 55.9 Å². The lowest BCUT2D eigenvalue weighted by molar-refractivity contribution is 0.660. The van der Waals surface area contributed by atoms with Crippen molar-refractivity contribution in [2.75, 3.05) is 9.80 Å². The van der Waals surface area contributed by atoms with Crippen LogP contribution in [0.25, 0.3) is 77.7 Å². The van der Waals surface area contributed by atoms with E-state index in [0.29, 0.717) is 0 Å². The predicted molar refractivity (Wildman–Crippen MR) is 312 cm³/mol. The molecule has 73 heavy (non-hydrogen) atoms. The quantitative estimate of drug-likeness (QED) is 0.135. The first-order chi connectivity index (χ1) is 35.9. The van der Waals surface area contributed by atoms with Gasteiger partial charge in [-0.05, 0) is 159 Å². The van der Waals surface area contributed by atoms with Crippen LogP contribution >= 0.6 is 0 Å². The first-order valence-corrected chi connectivity index (χ1v) is 25.6. The zero-order chi connectivity index (χ0) is 49.2. The van der Waals surface area contributed by atoms with Gasteiger partial charge in [-0.15, -0.1) is 0 Å². The predicted octanol–water partition coefficient (Wildman–Crippen LogP) is 19.7. The van der Waals surface area contributed by atoms with Crippen molar-refractivity contribution in [1.82, 2.24) is 4.57 Å². The Hall–Kier alpha value is -8.92. The van der Waals surface area contributed by atoms with Gasteiger partial charge in [0.2, 0.25) is 0 Å². The second kappa shape index (κ2) is 17.7. The number of anilines is 6. The minimum absolute atomic E-state index is 0.210. The fraction of sp³-hybridized carbons (Fsp3) is 0.0857. The van der Waals surface area contributed by atoms with E-state index in [4.69, 9.17) is 0 Å². The molecular weight excluding hydrogens is 883 g/mol. The van der Waals surface area contributed by atoms with Crippen LogP contribution in [0.5, 0.6) is 0 Å². The van der Waals surface area contributed by atoms with E-state index < -0.39 is 0 Å². The molecule has 1 aromatic heterocycles. The maximum absolute atomic E-state index is 4.56. The van der Waals surface area contributed by atoms with Gasteiger partial charge in [-0.1, -0.05) is 184 Å². The number of hydrogen-bond acceptors (Lipinski definition) is 2. The Labute approximate surface area is 428 Å². The highest BCUT2D eigenvalue weighted by atomic mass is 15.2. The summed E-state index contributed by atoms with van der Waals surface area (Å²) < 4.78 is 2.53. The van der Waals surface area contributed by atoms with E-state index in [2.05, 4.69) is 284 Å². The monoisotopic (exact) mass is 937 g/mol. The molecule has 0 saturated carbocycles. The van der Waals surface area contributed by atoms with E-state index in [1.807, 2.05) is 0 Å². The topological polar surface area (TPSA) is 11.4 Å². The molecule has 3 nitrogen and oxygen atoms in total. The summed E-state index contributed by atoms with van der Waals surface area (Å²) in [5.41, 5.74) is 22.1. The summed E-state index contributed by atoms with van der Waals surface area (Å²) in [5, 5.41) is 5.00. The standard InChI is InChI=1S/C70H55N3/c1-5-55-57(56-31-16-15-24-47(56)2)36-23-39-66(55)72(52-40-41-60-59-33-19-21-37-64(59)70(3,4)65(60)45-52)54-43-48(42-53(44-54)71(49-25-9-6-10-26-49)50-27-11-7-12-28-50)63-46-68-69(61-34-18-17-32-58(61)63)62-35-20-22-38-67(62)73(68)51-29-13-8-14-30-51/h5-13,15-29,31-46H,1,14,30H2,2-4H3. The number of allylic oxidation sites excluding steroid dienone is 4. The summed E-state index contributed by atoms with van der Waals surface area (Å²) in [6.07, 6.45) is 10.8. The highest BCUT2D eigenvalue weighted by Crippen LogP contribution is 2.53. The van der Waals surface area contributed by atoms with Crippen molar-refractivity contribution in [1.29, 1.82) is 0 Å². The van der Waals surface area contributed by atoms with Crippen molar-refractivity contribution in [3.05, 3.63) is 265 Å². The average Bonchev–Trinajstić information content (AvgIpc) is 3.89. The normalized spacial score (nSPS) is 13.5. The molecule has 13 rings (SSSR count). The number of benzene rings is 10. The molecule has 0 spiro atoms. The first-order valence-electron chi connectivity index (χ1n) is 25.6. The fourth-order valence-electron chi connectivity index (χ4n) is 12.1. The van der Waals surface area contributed by atoms with Crippen LogP contribution in [0.15, 0.2) is 243 Å². The van der Waals surface area contributed by atoms with E-state index in [1.54, 1.807) is 0 Å². The molecular formula is C70H55N3. The Morgan fingerprint density at radius 1 is 0.479 bits per heavy atom. The lowest BCUT2D eigenvalue weighted by Crippen LogP contribution is -2.17. The minimum Gasteiger partial charge on any atom is -0.313 e. The van der Waals surface area contributed by atoms with Crippen LogP contribution in [-0.4, -0.2) is 4.57 Å². The van der Waals surface area contributed by atoms with Crippen LogP contribution < -0.4 is 9.80 Å². The number of fused-ring (bicyclic) bond motifs is 8. The van der Waals surface area contributed by atoms with Gasteiger partial charge in [0.15, 0.2) is 0 Å². The molecule has 2 aliphatic carbocycles. The van der Waals surface area contributed by atoms with Crippen molar-refractivity contribution in [2.24, 2.45) is 0 Å². The van der Waals surface area contributed by atoms with E-state index >= 15 is 0 Å². The lowest BCUT2D eigenvalue weighted by atomic mass is 9.82. The summed E-state index contributed by atoms with van der Waals surface area (Å²) in [7, 11) is 0. The van der Waals surface area contributed by atoms with Crippen LogP contribution in [0.2, 0.25) is 0 Å². The maximum Gasteiger partial charge on any atom is 0.0550 e. The molecule has 3 heteroatoms. The number of nitrogens with zero attached hydrogens (tertiary/aromatic N) is 3. The summed E-state index contributed by atoms with van der Waals surface area (Å²) in [5.74, 6) is 0. The summed E-state index contributed by atoms with van der Waals surface area (Å²) in [4.78, 5) is 4.90. The van der Waals surface area contributed by atoms with Crippen LogP contribution in [0.1, 0.15) is 48.9 Å². The molecule has 0 atom stereocenters. The SMILES string of the molecule is C=Cc1c(-c2ccccc2C)cccc1N(c1cc(-c2cc3c(c4ccccc24)c2ccccc2n3C2=CC=CCC2)cc(N(c2ccccc2)c2ccccc2)c1)c1ccc2c(c1)C(C)(C)c1ccccc1-2. The molecule has 2 aliphatic rings. The van der Waals surface area contributed by atoms with Crippen LogP contribution in [0, 0.1) is 6.92 Å². The van der Waals surface area contributed by atoms with E-state index in [0.717, 1.165) is 63.7 Å². The molecule has 1 heterocycles. The number of hydrogen-bond donors (Lipinski definition) is 0. The summed E-state index contributed by atoms with van der Waals surface area (Å²) in [6, 6.07) is 80.7. The van der Waals surface area contributed by atoms with Gasteiger partial charge in [-0.25, -0.2) is 0 Å². The number of rotatable bonds is 10. The summed E-state index contributed by atoms with van der Waals surface area (Å²) in [6.45, 7) is 11.5. The largest absolute Gasteiger partial charge is 0.313 e. The number of para-hydroxylation sites is 3. The third kappa shape index (κ3) is 7.26. The molecule has 0 unspecified atom stereocenters.